The lowest BCUT2D eigenvalue weighted by molar-refractivity contribution is -0.136. The maximum absolute atomic E-state index is 13.0. The van der Waals surface area contributed by atoms with Gasteiger partial charge in [-0.25, -0.2) is 0 Å². The molecule has 1 aliphatic heterocycles. The van der Waals surface area contributed by atoms with E-state index in [1.165, 1.54) is 23.9 Å². The number of nitrogens with one attached hydrogen (secondary N) is 1. The van der Waals surface area contributed by atoms with E-state index < -0.39 is 11.7 Å². The first-order chi connectivity index (χ1) is 9.25. The number of thioether (sulfide) groups is 1. The van der Waals surface area contributed by atoms with Crippen LogP contribution in [0.25, 0.3) is 0 Å². The summed E-state index contributed by atoms with van der Waals surface area (Å²) in [6.07, 6.45) is -3.62. The minimum atomic E-state index is -4.45. The number of aliphatic imine (C=N–C) groups is 1. The molecule has 2 rings (SSSR count). The quantitative estimate of drug-likeness (QED) is 0.824. The molecule has 0 fully saturated rings. The van der Waals surface area contributed by atoms with Crippen LogP contribution >= 0.6 is 23.4 Å². The zero-order chi connectivity index (χ0) is 15.0. The Morgan fingerprint density at radius 3 is 2.70 bits per heavy atom. The molecule has 0 bridgehead atoms. The predicted molar refractivity (Wildman–Crippen MR) is 78.7 cm³/mol. The Hall–Kier alpha value is -0.880. The average Bonchev–Trinajstić information content (AvgIpc) is 2.73. The molecular weight excluding hydrogens is 309 g/mol. The zero-order valence-electron chi connectivity index (χ0n) is 11.0. The fraction of sp³-hybridized carbons (Fsp3) is 0.462. The Balaban J connectivity index is 2.33. The first-order valence-electron chi connectivity index (χ1n) is 6.10. The fourth-order valence-corrected chi connectivity index (χ4v) is 3.17. The van der Waals surface area contributed by atoms with E-state index in [4.69, 9.17) is 11.6 Å². The zero-order valence-corrected chi connectivity index (χ0v) is 12.6. The summed E-state index contributed by atoms with van der Waals surface area (Å²) >= 11 is 7.30. The Kier molecular flexibility index (Phi) is 4.25. The normalized spacial score (nSPS) is 22.8. The van der Waals surface area contributed by atoms with Gasteiger partial charge in [0.05, 0.1) is 21.8 Å². The molecule has 0 saturated heterocycles. The lowest BCUT2D eigenvalue weighted by atomic mass is 10.0. The molecule has 1 N–H and O–H groups in total. The van der Waals surface area contributed by atoms with E-state index in [1.807, 2.05) is 13.8 Å². The van der Waals surface area contributed by atoms with Crippen LogP contribution in [-0.4, -0.2) is 16.5 Å². The van der Waals surface area contributed by atoms with Gasteiger partial charge < -0.3 is 5.32 Å². The minimum Gasteiger partial charge on any atom is -0.333 e. The Bertz CT molecular complexity index is 545. The van der Waals surface area contributed by atoms with Crippen molar-refractivity contribution in [3.05, 3.63) is 28.8 Å². The molecule has 0 spiro atoms. The smallest absolute Gasteiger partial charge is 0.333 e. The van der Waals surface area contributed by atoms with E-state index in [0.29, 0.717) is 5.17 Å². The molecule has 1 aromatic carbocycles. The summed E-state index contributed by atoms with van der Waals surface area (Å²) in [7, 11) is 0. The van der Waals surface area contributed by atoms with E-state index in [1.54, 1.807) is 0 Å². The second-order valence-corrected chi connectivity index (χ2v) is 6.21. The third kappa shape index (κ3) is 3.23. The molecule has 1 atom stereocenters. The van der Waals surface area contributed by atoms with Crippen LogP contribution in [0.15, 0.2) is 23.2 Å². The van der Waals surface area contributed by atoms with Crippen molar-refractivity contribution in [2.24, 2.45) is 4.99 Å². The third-order valence-electron chi connectivity index (χ3n) is 3.20. The van der Waals surface area contributed by atoms with E-state index >= 15 is 0 Å². The van der Waals surface area contributed by atoms with Gasteiger partial charge in [-0.15, -0.1) is 0 Å². The van der Waals surface area contributed by atoms with Crippen molar-refractivity contribution in [2.75, 3.05) is 11.1 Å². The summed E-state index contributed by atoms with van der Waals surface area (Å²) in [5.74, 6) is 0.748. The highest BCUT2D eigenvalue weighted by Gasteiger charge is 2.36. The van der Waals surface area contributed by atoms with E-state index in [-0.39, 0.29) is 16.2 Å². The van der Waals surface area contributed by atoms with Gasteiger partial charge in [0.25, 0.3) is 0 Å². The average molecular weight is 323 g/mol. The molecule has 1 unspecified atom stereocenters. The number of rotatable bonds is 2. The second kappa shape index (κ2) is 5.48. The molecule has 0 saturated carbocycles. The molecule has 110 valence electrons. The third-order valence-corrected chi connectivity index (χ3v) is 4.75. The summed E-state index contributed by atoms with van der Waals surface area (Å²) in [4.78, 5) is 4.44. The van der Waals surface area contributed by atoms with Crippen LogP contribution in [0.1, 0.15) is 25.8 Å². The first kappa shape index (κ1) is 15.5. The number of alkyl halides is 3. The fourth-order valence-electron chi connectivity index (χ4n) is 1.77. The van der Waals surface area contributed by atoms with Gasteiger partial charge in [-0.3, -0.25) is 4.99 Å². The molecule has 1 aliphatic rings. The van der Waals surface area contributed by atoms with Crippen LogP contribution in [-0.2, 0) is 6.18 Å². The van der Waals surface area contributed by atoms with Gasteiger partial charge in [0.1, 0.15) is 0 Å². The maximum Gasteiger partial charge on any atom is 0.418 e. The van der Waals surface area contributed by atoms with Gasteiger partial charge in [0.2, 0.25) is 0 Å². The summed E-state index contributed by atoms with van der Waals surface area (Å²) < 4.78 is 38.9. The Labute approximate surface area is 124 Å². The molecule has 2 nitrogen and oxygen atoms in total. The van der Waals surface area contributed by atoms with Crippen LogP contribution in [0.4, 0.5) is 18.9 Å². The summed E-state index contributed by atoms with van der Waals surface area (Å²) in [5.41, 5.74) is -1.14. The van der Waals surface area contributed by atoms with Gasteiger partial charge in [0.15, 0.2) is 5.17 Å². The molecule has 1 heterocycles. The molecule has 1 aromatic rings. The lowest BCUT2D eigenvalue weighted by Crippen LogP contribution is -2.20. The Morgan fingerprint density at radius 1 is 1.45 bits per heavy atom. The van der Waals surface area contributed by atoms with Gasteiger partial charge >= 0.3 is 6.18 Å². The highest BCUT2D eigenvalue weighted by Crippen LogP contribution is 2.40. The molecule has 20 heavy (non-hydrogen) atoms. The maximum atomic E-state index is 13.0. The van der Waals surface area contributed by atoms with E-state index in [9.17, 15) is 13.2 Å². The number of benzene rings is 1. The van der Waals surface area contributed by atoms with E-state index in [2.05, 4.69) is 10.3 Å². The number of anilines is 1. The first-order valence-corrected chi connectivity index (χ1v) is 7.47. The van der Waals surface area contributed by atoms with Crippen molar-refractivity contribution < 1.29 is 13.2 Å². The largest absolute Gasteiger partial charge is 0.418 e. The number of hydrogen-bond acceptors (Lipinski definition) is 3. The van der Waals surface area contributed by atoms with Crippen molar-refractivity contribution in [2.45, 2.75) is 32.0 Å². The highest BCUT2D eigenvalue weighted by atomic mass is 35.5. The van der Waals surface area contributed by atoms with Crippen LogP contribution in [0.2, 0.25) is 5.02 Å². The van der Waals surface area contributed by atoms with E-state index in [0.717, 1.165) is 18.2 Å². The molecule has 0 radical (unpaired) electrons. The molecule has 7 heteroatoms. The van der Waals surface area contributed by atoms with Crippen molar-refractivity contribution in [1.29, 1.82) is 0 Å². The van der Waals surface area contributed by atoms with Crippen molar-refractivity contribution >= 4 is 34.2 Å². The van der Waals surface area contributed by atoms with Crippen LogP contribution < -0.4 is 5.32 Å². The minimum absolute atomic E-state index is 0.0354. The summed E-state index contributed by atoms with van der Waals surface area (Å²) in [6, 6.07) is 3.72. The van der Waals surface area contributed by atoms with Crippen LogP contribution in [0.3, 0.4) is 0 Å². The van der Waals surface area contributed by atoms with Gasteiger partial charge in [-0.2, -0.15) is 13.2 Å². The molecular formula is C13H14ClF3N2S. The number of amidine groups is 1. The standard InChI is InChI=1S/C13H14ClF3N2S/c1-3-12(2)7-20-11(19-12)18-10-8(13(15,16)17)5-4-6-9(10)14/h4-6H,3,7H2,1-2H3,(H,18,19). The summed E-state index contributed by atoms with van der Waals surface area (Å²) in [6.45, 7) is 3.98. The second-order valence-electron chi connectivity index (χ2n) is 4.84. The number of hydrogen-bond donors (Lipinski definition) is 1. The summed E-state index contributed by atoms with van der Waals surface area (Å²) in [5, 5.41) is 3.25. The van der Waals surface area contributed by atoms with Crippen LogP contribution in [0, 0.1) is 0 Å². The lowest BCUT2D eigenvalue weighted by Gasteiger charge is -2.16. The Morgan fingerprint density at radius 2 is 2.15 bits per heavy atom. The predicted octanol–water partition coefficient (Wildman–Crippen LogP) is 5.04. The van der Waals surface area contributed by atoms with Gasteiger partial charge in [-0.1, -0.05) is 36.4 Å². The number of halogens is 4. The molecule has 0 aromatic heterocycles. The van der Waals surface area contributed by atoms with Gasteiger partial charge in [0, 0.05) is 5.75 Å². The topological polar surface area (TPSA) is 24.4 Å². The molecule has 0 aliphatic carbocycles. The highest BCUT2D eigenvalue weighted by molar-refractivity contribution is 8.14. The monoisotopic (exact) mass is 322 g/mol. The number of nitrogens with zero attached hydrogens (tertiary/aromatic N) is 1. The van der Waals surface area contributed by atoms with Crippen molar-refractivity contribution in [1.82, 2.24) is 0 Å². The SMILES string of the molecule is CCC1(C)CSC(Nc2c(Cl)cccc2C(F)(F)F)=N1. The number of para-hydroxylation sites is 1. The van der Waals surface area contributed by atoms with Crippen molar-refractivity contribution in [3.8, 4) is 0 Å². The van der Waals surface area contributed by atoms with Crippen molar-refractivity contribution in [3.63, 3.8) is 0 Å². The molecule has 0 amide bonds. The van der Waals surface area contributed by atoms with Gasteiger partial charge in [-0.05, 0) is 25.5 Å². The van der Waals surface area contributed by atoms with Crippen LogP contribution in [0.5, 0.6) is 0 Å².